The molecule has 0 aromatic heterocycles. The summed E-state index contributed by atoms with van der Waals surface area (Å²) in [6.45, 7) is 4.51. The Hall–Kier alpha value is -3.09. The van der Waals surface area contributed by atoms with E-state index in [1.54, 1.807) is 24.3 Å². The van der Waals surface area contributed by atoms with Crippen LogP contribution in [0.2, 0.25) is 0 Å². The summed E-state index contributed by atoms with van der Waals surface area (Å²) >= 11 is 0. The maximum Gasteiger partial charge on any atom is 0.255 e. The number of halogens is 1. The molecule has 2 aromatic carbocycles. The molecule has 6 nitrogen and oxygen atoms in total. The Morgan fingerprint density at radius 3 is 2.65 bits per heavy atom. The first-order valence-electron chi connectivity index (χ1n) is 10.9. The van der Waals surface area contributed by atoms with Gasteiger partial charge in [-0.2, -0.15) is 0 Å². The van der Waals surface area contributed by atoms with E-state index in [1.165, 1.54) is 18.6 Å². The molecule has 2 aromatic rings. The highest BCUT2D eigenvalue weighted by Gasteiger charge is 2.17. The van der Waals surface area contributed by atoms with Crippen LogP contribution in [-0.2, 0) is 4.79 Å². The number of piperidine rings is 1. The van der Waals surface area contributed by atoms with Gasteiger partial charge >= 0.3 is 0 Å². The molecule has 1 fully saturated rings. The Balaban J connectivity index is 1.50. The van der Waals surface area contributed by atoms with Crippen molar-refractivity contribution >= 4 is 23.2 Å². The van der Waals surface area contributed by atoms with Crippen molar-refractivity contribution in [3.8, 4) is 5.75 Å². The molecule has 0 unspecified atom stereocenters. The number of nitrogens with zero attached hydrogens (tertiary/aromatic N) is 1. The quantitative estimate of drug-likeness (QED) is 0.583. The molecule has 2 N–H and O–H groups in total. The molecule has 166 valence electrons. The molecule has 1 saturated heterocycles. The number of nitrogens with one attached hydrogen (secondary N) is 2. The topological polar surface area (TPSA) is 70.7 Å². The molecule has 0 atom stereocenters. The predicted molar refractivity (Wildman–Crippen MR) is 120 cm³/mol. The van der Waals surface area contributed by atoms with Crippen LogP contribution in [0.25, 0.3) is 0 Å². The van der Waals surface area contributed by atoms with E-state index < -0.39 is 0 Å². The largest absolute Gasteiger partial charge is 0.493 e. The summed E-state index contributed by atoms with van der Waals surface area (Å²) in [5.41, 5.74) is 1.83. The Morgan fingerprint density at radius 2 is 1.87 bits per heavy atom. The van der Waals surface area contributed by atoms with Crippen LogP contribution in [0.1, 0.15) is 49.4 Å². The fourth-order valence-electron chi connectivity index (χ4n) is 3.71. The first kappa shape index (κ1) is 22.6. The van der Waals surface area contributed by atoms with Crippen molar-refractivity contribution in [1.29, 1.82) is 0 Å². The minimum absolute atomic E-state index is 0.201. The summed E-state index contributed by atoms with van der Waals surface area (Å²) < 4.78 is 19.3. The second kappa shape index (κ2) is 11.3. The van der Waals surface area contributed by atoms with Gasteiger partial charge in [-0.3, -0.25) is 9.59 Å². The monoisotopic (exact) mass is 427 g/mol. The summed E-state index contributed by atoms with van der Waals surface area (Å²) in [6, 6.07) is 11.6. The van der Waals surface area contributed by atoms with Gasteiger partial charge in [0.2, 0.25) is 5.91 Å². The third kappa shape index (κ3) is 6.44. The van der Waals surface area contributed by atoms with Crippen LogP contribution in [0.5, 0.6) is 5.75 Å². The zero-order chi connectivity index (χ0) is 22.1. The average molecular weight is 428 g/mol. The van der Waals surface area contributed by atoms with Gasteiger partial charge in [0.05, 0.1) is 23.5 Å². The number of hydrogen-bond donors (Lipinski definition) is 2. The van der Waals surface area contributed by atoms with Gasteiger partial charge < -0.3 is 20.3 Å². The molecule has 0 aliphatic carbocycles. The van der Waals surface area contributed by atoms with E-state index >= 15 is 0 Å². The number of rotatable bonds is 9. The van der Waals surface area contributed by atoms with Crippen LogP contribution < -0.4 is 20.3 Å². The second-order valence-electron chi connectivity index (χ2n) is 7.55. The van der Waals surface area contributed by atoms with Gasteiger partial charge in [-0.1, -0.05) is 12.1 Å². The summed E-state index contributed by atoms with van der Waals surface area (Å²) in [5, 5.41) is 5.66. The Labute approximate surface area is 182 Å². The summed E-state index contributed by atoms with van der Waals surface area (Å²) in [6.07, 6.45) is 4.08. The van der Waals surface area contributed by atoms with E-state index in [0.717, 1.165) is 31.6 Å². The molecule has 2 amide bonds. The molecule has 0 bridgehead atoms. The normalized spacial score (nSPS) is 13.5. The van der Waals surface area contributed by atoms with Crippen molar-refractivity contribution in [3.63, 3.8) is 0 Å². The maximum atomic E-state index is 13.8. The zero-order valence-corrected chi connectivity index (χ0v) is 18.0. The van der Waals surface area contributed by atoms with Gasteiger partial charge in [-0.25, -0.2) is 4.39 Å². The molecule has 0 spiro atoms. The van der Waals surface area contributed by atoms with Crippen molar-refractivity contribution in [3.05, 3.63) is 53.8 Å². The number of para-hydroxylation sites is 1. The molecule has 1 heterocycles. The standard InChI is InChI=1S/C24H30FN3O3/c1-2-31-22-10-5-4-9-19(22)24(30)26-14-8-11-23(29)27-20-17-18(25)12-13-21(20)28-15-6-3-7-16-28/h4-5,9-10,12-13,17H,2-3,6-8,11,14-16H2,1H3,(H,26,30)(H,27,29). The number of anilines is 2. The van der Waals surface area contributed by atoms with E-state index in [2.05, 4.69) is 15.5 Å². The van der Waals surface area contributed by atoms with Gasteiger partial charge in [-0.15, -0.1) is 0 Å². The number of carbonyl (C=O) groups excluding carboxylic acids is 2. The van der Waals surface area contributed by atoms with Crippen LogP contribution >= 0.6 is 0 Å². The second-order valence-corrected chi connectivity index (χ2v) is 7.55. The average Bonchev–Trinajstić information content (AvgIpc) is 2.78. The third-order valence-electron chi connectivity index (χ3n) is 5.23. The molecular formula is C24H30FN3O3. The third-order valence-corrected chi connectivity index (χ3v) is 5.23. The SMILES string of the molecule is CCOc1ccccc1C(=O)NCCCC(=O)Nc1cc(F)ccc1N1CCCCC1. The summed E-state index contributed by atoms with van der Waals surface area (Å²) in [4.78, 5) is 27.0. The number of benzene rings is 2. The van der Waals surface area contributed by atoms with Gasteiger partial charge in [0.25, 0.3) is 5.91 Å². The predicted octanol–water partition coefficient (Wildman–Crippen LogP) is 4.36. The summed E-state index contributed by atoms with van der Waals surface area (Å²) in [5.74, 6) is -0.275. The lowest BCUT2D eigenvalue weighted by atomic mass is 10.1. The molecule has 0 saturated carbocycles. The van der Waals surface area contributed by atoms with Crippen LogP contribution in [0.3, 0.4) is 0 Å². The highest BCUT2D eigenvalue weighted by atomic mass is 19.1. The highest BCUT2D eigenvalue weighted by Crippen LogP contribution is 2.29. The minimum atomic E-state index is -0.378. The lowest BCUT2D eigenvalue weighted by Gasteiger charge is -2.30. The number of carbonyl (C=O) groups is 2. The van der Waals surface area contributed by atoms with E-state index in [4.69, 9.17) is 4.74 Å². The van der Waals surface area contributed by atoms with Gasteiger partial charge in [0, 0.05) is 26.1 Å². The van der Waals surface area contributed by atoms with E-state index in [-0.39, 0.29) is 24.1 Å². The molecule has 31 heavy (non-hydrogen) atoms. The number of hydrogen-bond acceptors (Lipinski definition) is 4. The van der Waals surface area contributed by atoms with Crippen molar-refractivity contribution in [2.24, 2.45) is 0 Å². The molecule has 3 rings (SSSR count). The van der Waals surface area contributed by atoms with Crippen molar-refractivity contribution in [2.75, 3.05) is 36.5 Å². The molecular weight excluding hydrogens is 397 g/mol. The van der Waals surface area contributed by atoms with Crippen molar-refractivity contribution in [2.45, 2.75) is 39.0 Å². The van der Waals surface area contributed by atoms with Crippen LogP contribution in [0.4, 0.5) is 15.8 Å². The summed E-state index contributed by atoms with van der Waals surface area (Å²) in [7, 11) is 0. The van der Waals surface area contributed by atoms with Crippen molar-refractivity contribution in [1.82, 2.24) is 5.32 Å². The molecule has 7 heteroatoms. The number of amides is 2. The number of ether oxygens (including phenoxy) is 1. The fourth-order valence-corrected chi connectivity index (χ4v) is 3.71. The van der Waals surface area contributed by atoms with Crippen LogP contribution in [0.15, 0.2) is 42.5 Å². The van der Waals surface area contributed by atoms with Crippen LogP contribution in [-0.4, -0.2) is 38.1 Å². The van der Waals surface area contributed by atoms with Gasteiger partial charge in [0.15, 0.2) is 0 Å². The Morgan fingerprint density at radius 1 is 1.10 bits per heavy atom. The molecule has 0 radical (unpaired) electrons. The lowest BCUT2D eigenvalue weighted by molar-refractivity contribution is -0.116. The molecule has 1 aliphatic rings. The fraction of sp³-hybridized carbons (Fsp3) is 0.417. The van der Waals surface area contributed by atoms with Gasteiger partial charge in [-0.05, 0) is 62.9 Å². The first-order valence-corrected chi connectivity index (χ1v) is 10.9. The van der Waals surface area contributed by atoms with Crippen LogP contribution in [0, 0.1) is 5.82 Å². The van der Waals surface area contributed by atoms with E-state index in [1.807, 2.05) is 13.0 Å². The lowest BCUT2D eigenvalue weighted by Crippen LogP contribution is -2.30. The zero-order valence-electron chi connectivity index (χ0n) is 18.0. The Kier molecular flexibility index (Phi) is 8.27. The minimum Gasteiger partial charge on any atom is -0.493 e. The maximum absolute atomic E-state index is 13.8. The van der Waals surface area contributed by atoms with E-state index in [0.29, 0.717) is 36.6 Å². The van der Waals surface area contributed by atoms with Crippen molar-refractivity contribution < 1.29 is 18.7 Å². The molecule has 1 aliphatic heterocycles. The Bertz CT molecular complexity index is 897. The van der Waals surface area contributed by atoms with E-state index in [9.17, 15) is 14.0 Å². The highest BCUT2D eigenvalue weighted by molar-refractivity contribution is 5.97. The first-order chi connectivity index (χ1) is 15.1. The van der Waals surface area contributed by atoms with Gasteiger partial charge in [0.1, 0.15) is 11.6 Å². The smallest absolute Gasteiger partial charge is 0.255 e.